The maximum Gasteiger partial charge on any atom is 0.363 e. The summed E-state index contributed by atoms with van der Waals surface area (Å²) >= 11 is 5.83. The monoisotopic (exact) mass is 452 g/mol. The first-order valence-corrected chi connectivity index (χ1v) is 9.71. The van der Waals surface area contributed by atoms with Gasteiger partial charge in [0.25, 0.3) is 5.69 Å². The number of aliphatic imine (C=N–C) groups is 1. The van der Waals surface area contributed by atoms with Gasteiger partial charge < -0.3 is 9.47 Å². The number of hydrogen-bond acceptors (Lipinski definition) is 6. The van der Waals surface area contributed by atoms with E-state index in [2.05, 4.69) is 4.99 Å². The smallest absolute Gasteiger partial charge is 0.363 e. The summed E-state index contributed by atoms with van der Waals surface area (Å²) < 4.78 is 24.1. The number of hydrogen-bond donors (Lipinski definition) is 0. The lowest BCUT2D eigenvalue weighted by Gasteiger charge is -2.09. The lowest BCUT2D eigenvalue weighted by atomic mass is 10.1. The molecule has 3 aromatic rings. The molecule has 1 heterocycles. The van der Waals surface area contributed by atoms with Gasteiger partial charge in [-0.25, -0.2) is 14.2 Å². The molecule has 4 rings (SSSR count). The maximum atomic E-state index is 13.1. The second-order valence-corrected chi connectivity index (χ2v) is 7.12. The number of carbonyl (C=O) groups is 1. The van der Waals surface area contributed by atoms with Crippen LogP contribution in [0.1, 0.15) is 16.7 Å². The highest BCUT2D eigenvalue weighted by Gasteiger charge is 2.26. The van der Waals surface area contributed by atoms with Crippen molar-refractivity contribution < 1.29 is 23.6 Å². The Morgan fingerprint density at radius 3 is 2.62 bits per heavy atom. The summed E-state index contributed by atoms with van der Waals surface area (Å²) in [6.07, 6.45) is 1.50. The minimum atomic E-state index is -0.703. The number of cyclic esters (lactones) is 1. The van der Waals surface area contributed by atoms with Crippen LogP contribution in [0.15, 0.2) is 77.4 Å². The molecule has 160 valence electrons. The lowest BCUT2D eigenvalue weighted by molar-refractivity contribution is -0.384. The summed E-state index contributed by atoms with van der Waals surface area (Å²) in [7, 11) is 0. The van der Waals surface area contributed by atoms with Crippen LogP contribution in [0.3, 0.4) is 0 Å². The van der Waals surface area contributed by atoms with Crippen molar-refractivity contribution in [1.29, 1.82) is 0 Å². The van der Waals surface area contributed by atoms with Gasteiger partial charge in [0.15, 0.2) is 5.70 Å². The molecule has 0 bridgehead atoms. The molecule has 0 aliphatic carbocycles. The van der Waals surface area contributed by atoms with Gasteiger partial charge in [-0.3, -0.25) is 10.1 Å². The van der Waals surface area contributed by atoms with Gasteiger partial charge in [0.05, 0.1) is 4.92 Å². The standard InChI is InChI=1S/C23H14ClFN2O5/c24-18-10-7-16(12-20(18)27(29)30)22-26-19(23(28)32-22)11-15-3-1-2-4-21(15)31-13-14-5-8-17(25)9-6-14/h1-12H,13H2/b19-11-. The van der Waals surface area contributed by atoms with E-state index in [9.17, 15) is 19.3 Å². The van der Waals surface area contributed by atoms with Gasteiger partial charge in [0.1, 0.15) is 23.2 Å². The van der Waals surface area contributed by atoms with E-state index in [1.165, 1.54) is 36.4 Å². The van der Waals surface area contributed by atoms with Crippen molar-refractivity contribution >= 4 is 35.2 Å². The number of ether oxygens (including phenoxy) is 2. The van der Waals surface area contributed by atoms with Crippen molar-refractivity contribution in [1.82, 2.24) is 0 Å². The van der Waals surface area contributed by atoms with Crippen LogP contribution < -0.4 is 4.74 Å². The number of nitro groups is 1. The number of halogens is 2. The zero-order valence-electron chi connectivity index (χ0n) is 16.3. The molecule has 1 aliphatic heterocycles. The Kier molecular flexibility index (Phi) is 5.96. The fraction of sp³-hybridized carbons (Fsp3) is 0.0435. The van der Waals surface area contributed by atoms with E-state index in [1.54, 1.807) is 36.4 Å². The molecule has 32 heavy (non-hydrogen) atoms. The third kappa shape index (κ3) is 4.65. The van der Waals surface area contributed by atoms with Crippen molar-refractivity contribution in [3.05, 3.63) is 110 Å². The summed E-state index contributed by atoms with van der Waals surface area (Å²) in [4.78, 5) is 27.0. The molecule has 0 fully saturated rings. The Bertz CT molecular complexity index is 1270. The van der Waals surface area contributed by atoms with Gasteiger partial charge in [0.2, 0.25) is 5.90 Å². The van der Waals surface area contributed by atoms with Gasteiger partial charge >= 0.3 is 5.97 Å². The molecule has 1 aliphatic rings. The van der Waals surface area contributed by atoms with E-state index in [1.807, 2.05) is 0 Å². The van der Waals surface area contributed by atoms with Crippen LogP contribution in [0.4, 0.5) is 10.1 Å². The summed E-state index contributed by atoms with van der Waals surface area (Å²) in [5.74, 6) is -0.613. The molecular formula is C23H14ClFN2O5. The number of carbonyl (C=O) groups excluding carboxylic acids is 1. The van der Waals surface area contributed by atoms with Crippen molar-refractivity contribution in [3.63, 3.8) is 0 Å². The predicted molar refractivity (Wildman–Crippen MR) is 116 cm³/mol. The number of benzene rings is 3. The van der Waals surface area contributed by atoms with E-state index in [-0.39, 0.29) is 40.3 Å². The van der Waals surface area contributed by atoms with Crippen molar-refractivity contribution in [3.8, 4) is 5.75 Å². The molecule has 0 radical (unpaired) electrons. The van der Waals surface area contributed by atoms with Crippen LogP contribution in [0, 0.1) is 15.9 Å². The average Bonchev–Trinajstić information content (AvgIpc) is 3.14. The normalized spacial score (nSPS) is 14.2. The molecule has 9 heteroatoms. The molecule has 0 unspecified atom stereocenters. The largest absolute Gasteiger partial charge is 0.488 e. The van der Waals surface area contributed by atoms with Crippen LogP contribution >= 0.6 is 11.6 Å². The fourth-order valence-corrected chi connectivity index (χ4v) is 3.13. The highest BCUT2D eigenvalue weighted by molar-refractivity contribution is 6.32. The van der Waals surface area contributed by atoms with Crippen LogP contribution in [-0.2, 0) is 16.1 Å². The molecule has 0 spiro atoms. The minimum absolute atomic E-state index is 0.00966. The molecule has 0 N–H and O–H groups in total. The first-order chi connectivity index (χ1) is 15.4. The van der Waals surface area contributed by atoms with E-state index in [0.717, 1.165) is 5.56 Å². The zero-order chi connectivity index (χ0) is 22.7. The Hall–Kier alpha value is -4.04. The molecule has 0 amide bonds. The van der Waals surface area contributed by atoms with Gasteiger partial charge in [0, 0.05) is 17.2 Å². The fourth-order valence-electron chi connectivity index (χ4n) is 2.94. The Morgan fingerprint density at radius 2 is 1.88 bits per heavy atom. The van der Waals surface area contributed by atoms with Crippen molar-refractivity contribution in [2.45, 2.75) is 6.61 Å². The average molecular weight is 453 g/mol. The predicted octanol–water partition coefficient (Wildman–Crippen LogP) is 5.31. The van der Waals surface area contributed by atoms with E-state index >= 15 is 0 Å². The Labute approximate surface area is 186 Å². The summed E-state index contributed by atoms with van der Waals surface area (Å²) in [5.41, 5.74) is 1.29. The molecule has 0 saturated carbocycles. The Morgan fingerprint density at radius 1 is 1.12 bits per heavy atom. The molecular weight excluding hydrogens is 439 g/mol. The zero-order valence-corrected chi connectivity index (χ0v) is 17.1. The van der Waals surface area contributed by atoms with Gasteiger partial charge in [-0.05, 0) is 42.0 Å². The highest BCUT2D eigenvalue weighted by Crippen LogP contribution is 2.29. The third-order valence-electron chi connectivity index (χ3n) is 4.53. The summed E-state index contributed by atoms with van der Waals surface area (Å²) in [5, 5.41) is 11.1. The van der Waals surface area contributed by atoms with Crippen LogP contribution in [0.25, 0.3) is 6.08 Å². The number of nitrogens with zero attached hydrogens (tertiary/aromatic N) is 2. The van der Waals surface area contributed by atoms with Gasteiger partial charge in [-0.15, -0.1) is 0 Å². The SMILES string of the molecule is O=C1OC(c2ccc(Cl)c([N+](=O)[O-])c2)=N/C1=C\c1ccccc1OCc1ccc(F)cc1. The van der Waals surface area contributed by atoms with E-state index in [4.69, 9.17) is 21.1 Å². The van der Waals surface area contributed by atoms with Crippen LogP contribution in [0.5, 0.6) is 5.75 Å². The van der Waals surface area contributed by atoms with Crippen molar-refractivity contribution in [2.24, 2.45) is 4.99 Å². The maximum absolute atomic E-state index is 13.1. The molecule has 3 aromatic carbocycles. The van der Waals surface area contributed by atoms with Crippen LogP contribution in [-0.4, -0.2) is 16.8 Å². The highest BCUT2D eigenvalue weighted by atomic mass is 35.5. The number of rotatable bonds is 6. The topological polar surface area (TPSA) is 91.0 Å². The summed E-state index contributed by atoms with van der Waals surface area (Å²) in [6.45, 7) is 0.202. The lowest BCUT2D eigenvalue weighted by Crippen LogP contribution is -2.06. The quantitative estimate of drug-likeness (QED) is 0.219. The third-order valence-corrected chi connectivity index (χ3v) is 4.85. The number of para-hydroxylation sites is 1. The Balaban J connectivity index is 1.59. The molecule has 0 saturated heterocycles. The van der Waals surface area contributed by atoms with Crippen molar-refractivity contribution in [2.75, 3.05) is 0 Å². The molecule has 7 nitrogen and oxygen atoms in total. The molecule has 0 atom stereocenters. The second kappa shape index (κ2) is 8.99. The first kappa shape index (κ1) is 21.2. The van der Waals surface area contributed by atoms with E-state index in [0.29, 0.717) is 11.3 Å². The first-order valence-electron chi connectivity index (χ1n) is 9.34. The molecule has 0 aromatic heterocycles. The number of esters is 1. The summed E-state index contributed by atoms with van der Waals surface area (Å²) in [6, 6.07) is 16.9. The van der Waals surface area contributed by atoms with Crippen LogP contribution in [0.2, 0.25) is 5.02 Å². The van der Waals surface area contributed by atoms with E-state index < -0.39 is 10.9 Å². The number of nitro benzene ring substituents is 1. The second-order valence-electron chi connectivity index (χ2n) is 6.71. The van der Waals surface area contributed by atoms with Gasteiger partial charge in [-0.2, -0.15) is 0 Å². The minimum Gasteiger partial charge on any atom is -0.488 e. The van der Waals surface area contributed by atoms with Gasteiger partial charge in [-0.1, -0.05) is 41.9 Å².